The number of phosphoric acid groups is 1. The molecule has 136 valence electrons. The van der Waals surface area contributed by atoms with Crippen LogP contribution in [-0.2, 0) is 4.57 Å². The summed E-state index contributed by atoms with van der Waals surface area (Å²) < 4.78 is 8.88. The maximum atomic E-state index is 8.88. The van der Waals surface area contributed by atoms with Crippen LogP contribution in [-0.4, -0.2) is 14.7 Å². The van der Waals surface area contributed by atoms with E-state index in [1.165, 1.54) is 51.4 Å². The summed E-state index contributed by atoms with van der Waals surface area (Å²) in [5.41, 5.74) is 0. The Morgan fingerprint density at radius 1 is 0.818 bits per heavy atom. The third-order valence-electron chi connectivity index (χ3n) is 3.09. The molecule has 0 amide bonds. The summed E-state index contributed by atoms with van der Waals surface area (Å²) in [6.07, 6.45) is 10.4. The molecule has 0 aromatic heterocycles. The van der Waals surface area contributed by atoms with E-state index in [1.54, 1.807) is 0 Å². The van der Waals surface area contributed by atoms with E-state index < -0.39 is 7.82 Å². The van der Waals surface area contributed by atoms with Gasteiger partial charge in [0, 0.05) is 40.8 Å². The monoisotopic (exact) mass is 466 g/mol. The Kier molecular flexibility index (Phi) is 31.9. The molecule has 4 nitrogen and oxygen atoms in total. The molecule has 0 fully saturated rings. The number of unbranched alkanes of at least 4 members (excludes halogenated alkanes) is 2. The summed E-state index contributed by atoms with van der Waals surface area (Å²) in [5, 5.41) is 0. The van der Waals surface area contributed by atoms with Crippen LogP contribution in [0.4, 0.5) is 0 Å². The smallest absolute Gasteiger partial charge is 0.340 e. The van der Waals surface area contributed by atoms with E-state index in [2.05, 4.69) is 41.5 Å². The van der Waals surface area contributed by atoms with E-state index >= 15 is 0 Å². The third kappa shape index (κ3) is 49.6. The molecule has 0 aliphatic carbocycles. The van der Waals surface area contributed by atoms with Crippen molar-refractivity contribution >= 4 is 7.82 Å². The Hall–Kier alpha value is 1.46. The van der Waals surface area contributed by atoms with E-state index in [9.17, 15) is 0 Å². The van der Waals surface area contributed by atoms with Crippen LogP contribution in [0.15, 0.2) is 0 Å². The molecule has 22 heavy (non-hydrogen) atoms. The van der Waals surface area contributed by atoms with E-state index in [0.29, 0.717) is 11.8 Å². The Labute approximate surface area is 171 Å². The molecule has 0 spiro atoms. The number of hydrogen-bond donors (Lipinski definition) is 3. The predicted octanol–water partition coefficient (Wildman–Crippen LogP) is 5.15. The Bertz CT molecular complexity index is 212. The first-order chi connectivity index (χ1) is 9.62. The van der Waals surface area contributed by atoms with Gasteiger partial charge in [-0.1, -0.05) is 79.1 Å². The quantitative estimate of drug-likeness (QED) is 0.340. The van der Waals surface area contributed by atoms with Gasteiger partial charge in [-0.15, -0.1) is 0 Å². The van der Waals surface area contributed by atoms with Crippen molar-refractivity contribution in [2.24, 2.45) is 11.8 Å². The Morgan fingerprint density at radius 2 is 1.05 bits per heavy atom. The summed E-state index contributed by atoms with van der Waals surface area (Å²) >= 11 is 0. The average molecular weight is 469 g/mol. The fourth-order valence-corrected chi connectivity index (χ4v) is 1.39. The van der Waals surface area contributed by atoms with Gasteiger partial charge in [-0.05, 0) is 0 Å². The molecule has 2 unspecified atom stereocenters. The molecule has 0 aliphatic rings. The van der Waals surface area contributed by atoms with Crippen molar-refractivity contribution in [2.75, 3.05) is 0 Å². The van der Waals surface area contributed by atoms with Crippen LogP contribution in [0.3, 0.4) is 0 Å². The first kappa shape index (κ1) is 31.3. The van der Waals surface area contributed by atoms with Gasteiger partial charge in [0.25, 0.3) is 0 Å². The molecule has 0 bridgehead atoms. The summed E-state index contributed by atoms with van der Waals surface area (Å²) in [4.78, 5) is 21.6. The first-order valence-electron chi connectivity index (χ1n) is 8.06. The van der Waals surface area contributed by atoms with Gasteiger partial charge >= 0.3 is 7.82 Å². The SMILES string of the molecule is O=P(O)(O)O.[CH2-]C(CC)CCCC.[CH2-]C(CC)CCCC.[Nd]. The normalized spacial score (nSPS) is 12.8. The molecule has 6 heteroatoms. The Morgan fingerprint density at radius 3 is 1.18 bits per heavy atom. The largest absolute Gasteiger partial charge is 0.466 e. The maximum absolute atomic E-state index is 8.88. The number of hydrogen-bond acceptors (Lipinski definition) is 1. The third-order valence-corrected chi connectivity index (χ3v) is 3.09. The summed E-state index contributed by atoms with van der Waals surface area (Å²) in [6, 6.07) is 0. The second-order valence-corrected chi connectivity index (χ2v) is 6.37. The van der Waals surface area contributed by atoms with Crippen LogP contribution in [0.5, 0.6) is 0 Å². The van der Waals surface area contributed by atoms with Crippen LogP contribution >= 0.6 is 7.82 Å². The van der Waals surface area contributed by atoms with Gasteiger partial charge in [0.05, 0.1) is 0 Å². The van der Waals surface area contributed by atoms with Gasteiger partial charge in [-0.2, -0.15) is 11.8 Å². The van der Waals surface area contributed by atoms with Crippen molar-refractivity contribution in [3.05, 3.63) is 13.8 Å². The topological polar surface area (TPSA) is 77.8 Å². The molecule has 2 atom stereocenters. The van der Waals surface area contributed by atoms with Crippen molar-refractivity contribution < 1.29 is 60.1 Å². The molecule has 0 aromatic rings. The zero-order valence-corrected chi connectivity index (χ0v) is 19.0. The van der Waals surface area contributed by atoms with Crippen molar-refractivity contribution in [1.82, 2.24) is 0 Å². The van der Waals surface area contributed by atoms with E-state index in [-0.39, 0.29) is 40.8 Å². The average Bonchev–Trinajstić information content (AvgIpc) is 2.40. The molecule has 0 radical (unpaired) electrons. The fourth-order valence-electron chi connectivity index (χ4n) is 1.39. The van der Waals surface area contributed by atoms with E-state index in [1.807, 2.05) is 0 Å². The van der Waals surface area contributed by atoms with Gasteiger partial charge in [0.15, 0.2) is 0 Å². The zero-order chi connectivity index (χ0) is 17.3. The van der Waals surface area contributed by atoms with Crippen LogP contribution in [0.1, 0.15) is 79.1 Å². The van der Waals surface area contributed by atoms with Gasteiger partial charge in [0.1, 0.15) is 0 Å². The van der Waals surface area contributed by atoms with Gasteiger partial charge in [-0.3, -0.25) is 0 Å². The van der Waals surface area contributed by atoms with Gasteiger partial charge < -0.3 is 28.5 Å². The minimum atomic E-state index is -4.64. The maximum Gasteiger partial charge on any atom is 0.466 e. The molecule has 0 heterocycles. The van der Waals surface area contributed by atoms with Crippen LogP contribution in [0, 0.1) is 66.5 Å². The second-order valence-electron chi connectivity index (χ2n) is 5.35. The van der Waals surface area contributed by atoms with E-state index in [0.717, 1.165) is 0 Å². The summed E-state index contributed by atoms with van der Waals surface area (Å²) in [6.45, 7) is 16.8. The minimum absolute atomic E-state index is 0. The van der Waals surface area contributed by atoms with Gasteiger partial charge in [0.2, 0.25) is 0 Å². The molecule has 0 aliphatic heterocycles. The van der Waals surface area contributed by atoms with E-state index in [4.69, 9.17) is 19.2 Å². The van der Waals surface area contributed by atoms with Crippen molar-refractivity contribution in [3.8, 4) is 0 Å². The summed E-state index contributed by atoms with van der Waals surface area (Å²) in [5.74, 6) is 1.41. The molecule has 0 saturated carbocycles. The fraction of sp³-hybridized carbons (Fsp3) is 0.875. The van der Waals surface area contributed by atoms with Crippen molar-refractivity contribution in [3.63, 3.8) is 0 Å². The standard InChI is InChI=1S/2C8H17.Nd.H3O4P/c2*1-4-6-7-8(3)5-2;;1-5(2,3)4/h2*8H,3-7H2,1-2H3;;(H3,1,2,3,4)/q2*-1;;. The van der Waals surface area contributed by atoms with Gasteiger partial charge in [-0.25, -0.2) is 4.57 Å². The van der Waals surface area contributed by atoms with Crippen molar-refractivity contribution in [1.29, 1.82) is 0 Å². The molecule has 0 rings (SSSR count). The number of rotatable bonds is 8. The minimum Gasteiger partial charge on any atom is -0.340 e. The molecule has 0 aromatic carbocycles. The predicted molar refractivity (Wildman–Crippen MR) is 91.6 cm³/mol. The van der Waals surface area contributed by atoms with Crippen LogP contribution in [0.25, 0.3) is 0 Å². The zero-order valence-electron chi connectivity index (χ0n) is 14.9. The van der Waals surface area contributed by atoms with Crippen molar-refractivity contribution in [2.45, 2.75) is 79.1 Å². The molecular weight excluding hydrogens is 431 g/mol. The van der Waals surface area contributed by atoms with Crippen LogP contribution < -0.4 is 0 Å². The summed E-state index contributed by atoms with van der Waals surface area (Å²) in [7, 11) is -4.64. The molecule has 3 N–H and O–H groups in total. The Balaban J connectivity index is -0.000000111. The molecule has 0 saturated heterocycles. The molecular formula is C16H37NdO4P-2. The van der Waals surface area contributed by atoms with Crippen LogP contribution in [0.2, 0.25) is 0 Å². The first-order valence-corrected chi connectivity index (χ1v) is 9.63. The second kappa shape index (κ2) is 22.5.